The van der Waals surface area contributed by atoms with Crippen LogP contribution >= 0.6 is 0 Å². The minimum Gasteiger partial charge on any atom is -0.396 e. The second kappa shape index (κ2) is 8.57. The first-order chi connectivity index (χ1) is 13.5. The van der Waals surface area contributed by atoms with E-state index in [1.54, 1.807) is 16.8 Å². The average molecular weight is 380 g/mol. The van der Waals surface area contributed by atoms with Crippen molar-refractivity contribution in [2.75, 3.05) is 32.1 Å². The third kappa shape index (κ3) is 3.80. The fraction of sp³-hybridized carbons (Fsp3) is 0.391. The predicted octanol–water partition coefficient (Wildman–Crippen LogP) is 2.76. The van der Waals surface area contributed by atoms with Crippen LogP contribution in [0.5, 0.6) is 0 Å². The smallest absolute Gasteiger partial charge is 0.237 e. The van der Waals surface area contributed by atoms with E-state index in [9.17, 15) is 9.59 Å². The fourth-order valence-corrected chi connectivity index (χ4v) is 4.11. The van der Waals surface area contributed by atoms with E-state index < -0.39 is 5.41 Å². The Hall–Kier alpha value is -2.66. The van der Waals surface area contributed by atoms with Crippen molar-refractivity contribution in [2.45, 2.75) is 31.1 Å². The normalized spacial score (nSPS) is 18.2. The molecular weight excluding hydrogens is 352 g/mol. The molecule has 2 amide bonds. The van der Waals surface area contributed by atoms with Crippen molar-refractivity contribution < 1.29 is 14.7 Å². The number of carbonyl (C=O) groups excluding carboxylic acids is 2. The minimum absolute atomic E-state index is 0.000667. The Labute approximate surface area is 166 Å². The van der Waals surface area contributed by atoms with Gasteiger partial charge in [-0.1, -0.05) is 48.5 Å². The number of hydrogen-bond acceptors (Lipinski definition) is 3. The van der Waals surface area contributed by atoms with Crippen molar-refractivity contribution >= 4 is 17.5 Å². The van der Waals surface area contributed by atoms with E-state index in [1.165, 1.54) is 0 Å². The highest BCUT2D eigenvalue weighted by Crippen LogP contribution is 2.46. The summed E-state index contributed by atoms with van der Waals surface area (Å²) in [6.45, 7) is 0.581. The quantitative estimate of drug-likeness (QED) is 0.766. The van der Waals surface area contributed by atoms with Crippen molar-refractivity contribution in [1.29, 1.82) is 0 Å². The van der Waals surface area contributed by atoms with Gasteiger partial charge in [0, 0.05) is 39.4 Å². The molecule has 2 aromatic carbocycles. The minimum atomic E-state index is -0.736. The van der Waals surface area contributed by atoms with Gasteiger partial charge < -0.3 is 14.9 Å². The lowest BCUT2D eigenvalue weighted by molar-refractivity contribution is -0.131. The summed E-state index contributed by atoms with van der Waals surface area (Å²) in [5.41, 5.74) is 2.27. The predicted molar refractivity (Wildman–Crippen MR) is 110 cm³/mol. The largest absolute Gasteiger partial charge is 0.396 e. The van der Waals surface area contributed by atoms with Crippen LogP contribution < -0.4 is 4.90 Å². The summed E-state index contributed by atoms with van der Waals surface area (Å²) in [6.07, 6.45) is 1.89. The maximum absolute atomic E-state index is 13.4. The van der Waals surface area contributed by atoms with Gasteiger partial charge in [0.05, 0.1) is 5.41 Å². The highest BCUT2D eigenvalue weighted by molar-refractivity contribution is 6.08. The molecule has 0 aliphatic carbocycles. The highest BCUT2D eigenvalue weighted by Gasteiger charge is 2.49. The third-order valence-corrected chi connectivity index (χ3v) is 5.69. The molecule has 1 aliphatic heterocycles. The summed E-state index contributed by atoms with van der Waals surface area (Å²) in [5, 5.41) is 8.99. The molecule has 1 aliphatic rings. The molecule has 5 heteroatoms. The van der Waals surface area contributed by atoms with Crippen LogP contribution in [-0.4, -0.2) is 49.1 Å². The van der Waals surface area contributed by atoms with Crippen LogP contribution in [0.4, 0.5) is 5.69 Å². The van der Waals surface area contributed by atoms with Crippen molar-refractivity contribution in [3.8, 4) is 0 Å². The van der Waals surface area contributed by atoms with Crippen molar-refractivity contribution in [1.82, 2.24) is 4.90 Å². The van der Waals surface area contributed by atoms with Gasteiger partial charge in [0.1, 0.15) is 0 Å². The van der Waals surface area contributed by atoms with Crippen molar-refractivity contribution in [3.05, 3.63) is 65.7 Å². The molecule has 148 valence electrons. The van der Waals surface area contributed by atoms with Crippen LogP contribution in [0.15, 0.2) is 54.6 Å². The van der Waals surface area contributed by atoms with E-state index in [2.05, 4.69) is 0 Å². The van der Waals surface area contributed by atoms with Gasteiger partial charge >= 0.3 is 0 Å². The highest BCUT2D eigenvalue weighted by atomic mass is 16.3. The molecule has 3 rings (SSSR count). The number of anilines is 1. The van der Waals surface area contributed by atoms with E-state index >= 15 is 0 Å². The second-order valence-corrected chi connectivity index (χ2v) is 7.52. The number of nitrogens with zero attached hydrogens (tertiary/aromatic N) is 2. The summed E-state index contributed by atoms with van der Waals surface area (Å²) < 4.78 is 0. The standard InChI is InChI=1S/C23H28N2O3/c1-24(15-8-16-26)21(27)13-14-23(17-18-9-4-3-5-10-18)19-11-6-7-12-20(19)25(2)22(23)28/h3-7,9-12,26H,8,13-17H2,1-2H3. The SMILES string of the molecule is CN(CCCO)C(=O)CCC1(Cc2ccccc2)C(=O)N(C)c2ccccc21. The first kappa shape index (κ1) is 20.1. The number of aliphatic hydroxyl groups is 1. The topological polar surface area (TPSA) is 60.9 Å². The molecule has 0 aromatic heterocycles. The Balaban J connectivity index is 1.91. The monoisotopic (exact) mass is 380 g/mol. The van der Waals surface area contributed by atoms with E-state index in [0.717, 1.165) is 16.8 Å². The Morgan fingerprint density at radius 3 is 2.50 bits per heavy atom. The first-order valence-electron chi connectivity index (χ1n) is 9.76. The van der Waals surface area contributed by atoms with Crippen LogP contribution in [0.25, 0.3) is 0 Å². The van der Waals surface area contributed by atoms with E-state index in [1.807, 2.05) is 61.6 Å². The van der Waals surface area contributed by atoms with Gasteiger partial charge in [0.15, 0.2) is 0 Å². The van der Waals surface area contributed by atoms with Crippen LogP contribution in [0.2, 0.25) is 0 Å². The molecule has 0 spiro atoms. The molecular formula is C23H28N2O3. The summed E-state index contributed by atoms with van der Waals surface area (Å²) in [6, 6.07) is 17.9. The number of aliphatic hydroxyl groups excluding tert-OH is 1. The van der Waals surface area contributed by atoms with E-state index in [-0.39, 0.29) is 18.4 Å². The number of fused-ring (bicyclic) bond motifs is 1. The van der Waals surface area contributed by atoms with Crippen LogP contribution in [0, 0.1) is 0 Å². The van der Waals surface area contributed by atoms with Gasteiger partial charge in [0.25, 0.3) is 0 Å². The summed E-state index contributed by atoms with van der Waals surface area (Å²) in [5.74, 6) is 0.0454. The zero-order valence-electron chi connectivity index (χ0n) is 16.6. The number of rotatable bonds is 8. The number of para-hydroxylation sites is 1. The Bertz CT molecular complexity index is 837. The maximum Gasteiger partial charge on any atom is 0.237 e. The fourth-order valence-electron chi connectivity index (χ4n) is 4.11. The molecule has 1 heterocycles. The second-order valence-electron chi connectivity index (χ2n) is 7.52. The van der Waals surface area contributed by atoms with E-state index in [4.69, 9.17) is 5.11 Å². The Morgan fingerprint density at radius 1 is 1.11 bits per heavy atom. The molecule has 0 radical (unpaired) electrons. The number of amides is 2. The molecule has 0 saturated carbocycles. The third-order valence-electron chi connectivity index (χ3n) is 5.69. The molecule has 0 fully saturated rings. The van der Waals surface area contributed by atoms with Gasteiger partial charge in [-0.3, -0.25) is 9.59 Å². The zero-order chi connectivity index (χ0) is 20.1. The average Bonchev–Trinajstić information content (AvgIpc) is 2.93. The molecule has 1 unspecified atom stereocenters. The van der Waals surface area contributed by atoms with Crippen molar-refractivity contribution in [3.63, 3.8) is 0 Å². The van der Waals surface area contributed by atoms with Gasteiger partial charge in [-0.25, -0.2) is 0 Å². The maximum atomic E-state index is 13.4. The molecule has 0 saturated heterocycles. The molecule has 0 bridgehead atoms. The van der Waals surface area contributed by atoms with Crippen LogP contribution in [0.1, 0.15) is 30.4 Å². The lowest BCUT2D eigenvalue weighted by atomic mass is 9.73. The van der Waals surface area contributed by atoms with E-state index in [0.29, 0.717) is 32.2 Å². The number of likely N-dealkylation sites (N-methyl/N-ethyl adjacent to an activating group) is 1. The Kier molecular flexibility index (Phi) is 6.15. The van der Waals surface area contributed by atoms with Crippen molar-refractivity contribution in [2.24, 2.45) is 0 Å². The van der Waals surface area contributed by atoms with Gasteiger partial charge in [0.2, 0.25) is 11.8 Å². The number of carbonyl (C=O) groups is 2. The number of benzene rings is 2. The molecule has 5 nitrogen and oxygen atoms in total. The van der Waals surface area contributed by atoms with Gasteiger partial charge in [-0.2, -0.15) is 0 Å². The van der Waals surface area contributed by atoms with Crippen LogP contribution in [-0.2, 0) is 21.4 Å². The lowest BCUT2D eigenvalue weighted by Gasteiger charge is -2.29. The molecule has 28 heavy (non-hydrogen) atoms. The summed E-state index contributed by atoms with van der Waals surface area (Å²) in [4.78, 5) is 29.4. The lowest BCUT2D eigenvalue weighted by Crippen LogP contribution is -2.41. The molecule has 1 atom stereocenters. The number of hydrogen-bond donors (Lipinski definition) is 1. The van der Waals surface area contributed by atoms with Gasteiger partial charge in [-0.15, -0.1) is 0 Å². The van der Waals surface area contributed by atoms with Gasteiger partial charge in [-0.05, 0) is 36.5 Å². The summed E-state index contributed by atoms with van der Waals surface area (Å²) in [7, 11) is 3.56. The summed E-state index contributed by atoms with van der Waals surface area (Å²) >= 11 is 0. The van der Waals surface area contributed by atoms with Crippen LogP contribution in [0.3, 0.4) is 0 Å². The molecule has 1 N–H and O–H groups in total. The zero-order valence-corrected chi connectivity index (χ0v) is 16.6. The first-order valence-corrected chi connectivity index (χ1v) is 9.76. The Morgan fingerprint density at radius 2 is 1.79 bits per heavy atom. The molecule has 2 aromatic rings.